The molecule has 0 fully saturated rings. The van der Waals surface area contributed by atoms with Gasteiger partial charge in [0, 0.05) is 31.1 Å². The zero-order valence-electron chi connectivity index (χ0n) is 14.7. The van der Waals surface area contributed by atoms with E-state index < -0.39 is 5.97 Å². The van der Waals surface area contributed by atoms with Crippen LogP contribution in [0.5, 0.6) is 0 Å². The number of hydrogen-bond acceptors (Lipinski definition) is 5. The normalized spacial score (nSPS) is 16.2. The first-order valence-electron chi connectivity index (χ1n) is 8.51. The molecule has 1 aliphatic heterocycles. The minimum atomic E-state index is -0.917. The number of aromatic carboxylic acids is 1. The molecule has 26 heavy (non-hydrogen) atoms. The van der Waals surface area contributed by atoms with Crippen molar-refractivity contribution in [3.05, 3.63) is 53.0 Å². The molecule has 1 N–H and O–H groups in total. The Labute approximate surface area is 150 Å². The Morgan fingerprint density at radius 1 is 1.31 bits per heavy atom. The average Bonchev–Trinajstić information content (AvgIpc) is 3.04. The smallest absolute Gasteiger partial charge is 0.336 e. The van der Waals surface area contributed by atoms with Gasteiger partial charge in [-0.2, -0.15) is 0 Å². The lowest BCUT2D eigenvalue weighted by Crippen LogP contribution is -2.31. The number of carbonyl (C=O) groups is 1. The van der Waals surface area contributed by atoms with Crippen LogP contribution in [0, 0.1) is 0 Å². The van der Waals surface area contributed by atoms with Crippen LogP contribution in [0.1, 0.15) is 34.2 Å². The molecule has 0 radical (unpaired) electrons. The number of rotatable bonds is 3. The number of carboxylic acids is 1. The van der Waals surface area contributed by atoms with Gasteiger partial charge in [0.25, 0.3) is 0 Å². The van der Waals surface area contributed by atoms with Gasteiger partial charge >= 0.3 is 5.97 Å². The lowest BCUT2D eigenvalue weighted by atomic mass is 9.92. The predicted molar refractivity (Wildman–Crippen MR) is 98.5 cm³/mol. The van der Waals surface area contributed by atoms with Crippen LogP contribution < -0.4 is 0 Å². The van der Waals surface area contributed by atoms with Gasteiger partial charge in [0.2, 0.25) is 0 Å². The minimum Gasteiger partial charge on any atom is -0.478 e. The molecular weight excluding hydrogens is 330 g/mol. The van der Waals surface area contributed by atoms with Crippen LogP contribution in [-0.4, -0.2) is 49.0 Å². The summed E-state index contributed by atoms with van der Waals surface area (Å²) in [5, 5.41) is 18.5. The van der Waals surface area contributed by atoms with Gasteiger partial charge in [0.1, 0.15) is 0 Å². The van der Waals surface area contributed by atoms with Crippen LogP contribution in [0.25, 0.3) is 22.6 Å². The average molecular weight is 349 g/mol. The first-order valence-corrected chi connectivity index (χ1v) is 8.51. The summed E-state index contributed by atoms with van der Waals surface area (Å²) in [6.45, 7) is 4.18. The number of para-hydroxylation sites is 1. The number of aryl methyl sites for hydroxylation is 1. The Morgan fingerprint density at radius 3 is 2.81 bits per heavy atom. The van der Waals surface area contributed by atoms with Gasteiger partial charge in [-0.3, -0.25) is 4.90 Å². The van der Waals surface area contributed by atoms with E-state index in [-0.39, 0.29) is 0 Å². The molecule has 132 valence electrons. The maximum atomic E-state index is 12.1. The lowest BCUT2D eigenvalue weighted by Gasteiger charge is -2.30. The quantitative estimate of drug-likeness (QED) is 0.782. The first kappa shape index (κ1) is 16.4. The van der Waals surface area contributed by atoms with Gasteiger partial charge in [-0.1, -0.05) is 30.3 Å². The van der Waals surface area contributed by atoms with Crippen molar-refractivity contribution in [2.24, 2.45) is 7.05 Å². The largest absolute Gasteiger partial charge is 0.478 e. The molecule has 0 atom stereocenters. The molecule has 0 saturated heterocycles. The summed E-state index contributed by atoms with van der Waals surface area (Å²) in [4.78, 5) is 19.1. The summed E-state index contributed by atoms with van der Waals surface area (Å²) in [5.41, 5.74) is 4.40. The van der Waals surface area contributed by atoms with E-state index in [0.29, 0.717) is 29.6 Å². The van der Waals surface area contributed by atoms with Crippen LogP contribution >= 0.6 is 0 Å². The lowest BCUT2D eigenvalue weighted by molar-refractivity contribution is 0.0696. The monoisotopic (exact) mass is 349 g/mol. The van der Waals surface area contributed by atoms with Crippen molar-refractivity contribution < 1.29 is 9.90 Å². The molecule has 0 saturated carbocycles. The Hall–Kier alpha value is -3.06. The Morgan fingerprint density at radius 2 is 2.12 bits per heavy atom. The molecule has 1 aliphatic rings. The molecule has 0 amide bonds. The fraction of sp³-hybridized carbons (Fsp3) is 0.263. The summed E-state index contributed by atoms with van der Waals surface area (Å²) in [6.07, 6.45) is 3.69. The summed E-state index contributed by atoms with van der Waals surface area (Å²) in [7, 11) is 1.83. The Bertz CT molecular complexity index is 1040. The standard InChI is InChI=1S/C19H19N5O2/c1-3-24-10-12(8-13-9-20-22-23(13)2)18-15(11-24)17(19(25)26)14-6-4-5-7-16(14)21-18/h4-9H,3,10-11H2,1-2H3,(H,25,26). The fourth-order valence-corrected chi connectivity index (χ4v) is 3.45. The third-order valence-electron chi connectivity index (χ3n) is 4.81. The molecule has 4 rings (SSSR count). The second-order valence-electron chi connectivity index (χ2n) is 6.39. The number of hydrogen-bond donors (Lipinski definition) is 1. The van der Waals surface area contributed by atoms with Gasteiger partial charge < -0.3 is 5.11 Å². The summed E-state index contributed by atoms with van der Waals surface area (Å²) in [6, 6.07) is 7.41. The summed E-state index contributed by atoms with van der Waals surface area (Å²) >= 11 is 0. The zero-order valence-corrected chi connectivity index (χ0v) is 14.7. The summed E-state index contributed by atoms with van der Waals surface area (Å²) < 4.78 is 1.69. The van der Waals surface area contributed by atoms with Crippen molar-refractivity contribution in [2.75, 3.05) is 13.1 Å². The number of benzene rings is 1. The SMILES string of the molecule is CCN1CC(=Cc2cnnn2C)c2nc3ccccc3c(C(=O)O)c2C1. The van der Waals surface area contributed by atoms with Crippen molar-refractivity contribution >= 4 is 28.5 Å². The molecular formula is C19H19N5O2. The van der Waals surface area contributed by atoms with Gasteiger partial charge in [-0.25, -0.2) is 14.5 Å². The molecule has 0 unspecified atom stereocenters. The van der Waals surface area contributed by atoms with Crippen LogP contribution in [-0.2, 0) is 13.6 Å². The van der Waals surface area contributed by atoms with E-state index in [4.69, 9.17) is 4.98 Å². The molecule has 3 heterocycles. The molecule has 0 bridgehead atoms. The fourth-order valence-electron chi connectivity index (χ4n) is 3.45. The van der Waals surface area contributed by atoms with E-state index in [0.717, 1.165) is 29.1 Å². The molecule has 7 heteroatoms. The molecule has 2 aromatic heterocycles. The van der Waals surface area contributed by atoms with Crippen LogP contribution in [0.2, 0.25) is 0 Å². The highest BCUT2D eigenvalue weighted by molar-refractivity contribution is 6.05. The topological polar surface area (TPSA) is 84.1 Å². The maximum absolute atomic E-state index is 12.1. The van der Waals surface area contributed by atoms with E-state index in [1.54, 1.807) is 10.9 Å². The summed E-state index contributed by atoms with van der Waals surface area (Å²) in [5.74, 6) is -0.917. The van der Waals surface area contributed by atoms with Gasteiger partial charge in [0.05, 0.1) is 28.7 Å². The van der Waals surface area contributed by atoms with E-state index >= 15 is 0 Å². The third kappa shape index (κ3) is 2.66. The van der Waals surface area contributed by atoms with Crippen LogP contribution in [0.15, 0.2) is 30.5 Å². The molecule has 0 aliphatic carbocycles. The Balaban J connectivity index is 2.01. The number of nitrogens with zero attached hydrogens (tertiary/aromatic N) is 5. The van der Waals surface area contributed by atoms with Gasteiger partial charge in [-0.15, -0.1) is 5.10 Å². The van der Waals surface area contributed by atoms with Crippen molar-refractivity contribution in [1.82, 2.24) is 24.9 Å². The second-order valence-corrected chi connectivity index (χ2v) is 6.39. The van der Waals surface area contributed by atoms with Crippen LogP contribution in [0.3, 0.4) is 0 Å². The predicted octanol–water partition coefficient (Wildman–Crippen LogP) is 2.44. The molecule has 0 spiro atoms. The number of aromatic nitrogens is 4. The first-order chi connectivity index (χ1) is 12.6. The third-order valence-corrected chi connectivity index (χ3v) is 4.81. The molecule has 3 aromatic rings. The highest BCUT2D eigenvalue weighted by Crippen LogP contribution is 2.33. The maximum Gasteiger partial charge on any atom is 0.336 e. The van der Waals surface area contributed by atoms with Crippen molar-refractivity contribution in [2.45, 2.75) is 13.5 Å². The minimum absolute atomic E-state index is 0.345. The van der Waals surface area contributed by atoms with Crippen molar-refractivity contribution in [3.8, 4) is 0 Å². The number of likely N-dealkylation sites (N-methyl/N-ethyl adjacent to an activating group) is 1. The van der Waals surface area contributed by atoms with Crippen molar-refractivity contribution in [1.29, 1.82) is 0 Å². The number of carboxylic acid groups (broad SMARTS) is 1. The van der Waals surface area contributed by atoms with Crippen LogP contribution in [0.4, 0.5) is 0 Å². The zero-order chi connectivity index (χ0) is 18.3. The Kier molecular flexibility index (Phi) is 4.00. The number of pyridine rings is 1. The van der Waals surface area contributed by atoms with E-state index in [1.807, 2.05) is 37.4 Å². The van der Waals surface area contributed by atoms with Crippen molar-refractivity contribution in [3.63, 3.8) is 0 Å². The van der Waals surface area contributed by atoms with E-state index in [1.165, 1.54) is 0 Å². The van der Waals surface area contributed by atoms with E-state index in [2.05, 4.69) is 22.1 Å². The molecule has 7 nitrogen and oxygen atoms in total. The highest BCUT2D eigenvalue weighted by Gasteiger charge is 2.28. The number of fused-ring (bicyclic) bond motifs is 2. The highest BCUT2D eigenvalue weighted by atomic mass is 16.4. The second kappa shape index (κ2) is 6.34. The van der Waals surface area contributed by atoms with Gasteiger partial charge in [0.15, 0.2) is 0 Å². The van der Waals surface area contributed by atoms with Gasteiger partial charge in [-0.05, 0) is 24.3 Å². The van der Waals surface area contributed by atoms with E-state index in [9.17, 15) is 9.90 Å². The molecule has 1 aromatic carbocycles.